The van der Waals surface area contributed by atoms with Crippen molar-refractivity contribution < 1.29 is 14.3 Å². The Morgan fingerprint density at radius 1 is 1.27 bits per heavy atom. The van der Waals surface area contributed by atoms with E-state index in [4.69, 9.17) is 11.6 Å². The van der Waals surface area contributed by atoms with Gasteiger partial charge < -0.3 is 10.4 Å². The van der Waals surface area contributed by atoms with Crippen LogP contribution < -0.4 is 5.32 Å². The molecule has 134 valence electrons. The van der Waals surface area contributed by atoms with E-state index in [1.165, 1.54) is 18.2 Å². The van der Waals surface area contributed by atoms with E-state index in [9.17, 15) is 14.3 Å². The van der Waals surface area contributed by atoms with Gasteiger partial charge in [0.2, 0.25) is 0 Å². The molecule has 1 amide bonds. The zero-order valence-electron chi connectivity index (χ0n) is 14.1. The number of nitrogens with zero attached hydrogens (tertiary/aromatic N) is 1. The Kier molecular flexibility index (Phi) is 5.49. The third-order valence-corrected chi connectivity index (χ3v) is 4.69. The molecule has 0 saturated carbocycles. The second-order valence-corrected chi connectivity index (χ2v) is 6.38. The molecule has 26 heavy (non-hydrogen) atoms. The maximum Gasteiger partial charge on any atom is 0.252 e. The maximum atomic E-state index is 14.1. The molecular weight excluding hydrogens is 355 g/mol. The number of halogens is 2. The van der Waals surface area contributed by atoms with Crippen LogP contribution in [-0.2, 0) is 0 Å². The number of fused-ring (bicyclic) bond motifs is 1. The van der Waals surface area contributed by atoms with Crippen molar-refractivity contribution in [3.05, 3.63) is 76.8 Å². The maximum absolute atomic E-state index is 14.1. The minimum atomic E-state index is -1.26. The van der Waals surface area contributed by atoms with E-state index < -0.39 is 18.0 Å². The first kappa shape index (κ1) is 18.3. The lowest BCUT2D eigenvalue weighted by atomic mass is 9.98. The van der Waals surface area contributed by atoms with E-state index in [-0.39, 0.29) is 16.5 Å². The molecular formula is C20H18ClFN2O2. The molecule has 6 heteroatoms. The molecule has 0 aliphatic rings. The van der Waals surface area contributed by atoms with Crippen LogP contribution >= 0.6 is 11.6 Å². The van der Waals surface area contributed by atoms with Gasteiger partial charge in [0.15, 0.2) is 0 Å². The number of hydrogen-bond acceptors (Lipinski definition) is 3. The van der Waals surface area contributed by atoms with Gasteiger partial charge in [-0.1, -0.05) is 36.7 Å². The Morgan fingerprint density at radius 2 is 2.04 bits per heavy atom. The number of aliphatic hydroxyl groups excluding tert-OH is 1. The van der Waals surface area contributed by atoms with Gasteiger partial charge in [-0.05, 0) is 36.1 Å². The molecule has 0 spiro atoms. The largest absolute Gasteiger partial charge is 0.386 e. The molecule has 1 aromatic heterocycles. The number of aliphatic hydroxyl groups is 1. The summed E-state index contributed by atoms with van der Waals surface area (Å²) in [5, 5.41) is 15.1. The van der Waals surface area contributed by atoms with Crippen LogP contribution in [0.1, 0.15) is 35.4 Å². The van der Waals surface area contributed by atoms with Crippen molar-refractivity contribution in [2.45, 2.75) is 25.5 Å². The number of pyridine rings is 1. The fourth-order valence-electron chi connectivity index (χ4n) is 2.97. The van der Waals surface area contributed by atoms with E-state index in [1.54, 1.807) is 37.5 Å². The average molecular weight is 373 g/mol. The Balaban J connectivity index is 1.89. The van der Waals surface area contributed by atoms with Crippen LogP contribution in [0.15, 0.2) is 54.9 Å². The van der Waals surface area contributed by atoms with Crippen LogP contribution in [0.25, 0.3) is 10.8 Å². The van der Waals surface area contributed by atoms with Gasteiger partial charge in [0.05, 0.1) is 6.04 Å². The minimum Gasteiger partial charge on any atom is -0.386 e. The van der Waals surface area contributed by atoms with Gasteiger partial charge in [0.25, 0.3) is 5.91 Å². The summed E-state index contributed by atoms with van der Waals surface area (Å²) in [7, 11) is 0. The standard InChI is InChI=1S/C20H18ClFN2O2/c1-2-17(19(25)18-15(21)7-4-8-16(18)22)24-20(26)14-6-3-5-12-11-23-10-9-13(12)14/h3-11,17,19,25H,2H2,1H3,(H,24,26). The molecule has 0 aliphatic carbocycles. The molecule has 0 saturated heterocycles. The second kappa shape index (κ2) is 7.81. The first-order chi connectivity index (χ1) is 12.5. The highest BCUT2D eigenvalue weighted by molar-refractivity contribution is 6.31. The van der Waals surface area contributed by atoms with Crippen LogP contribution in [0.3, 0.4) is 0 Å². The quantitative estimate of drug-likeness (QED) is 0.703. The third kappa shape index (κ3) is 3.54. The lowest BCUT2D eigenvalue weighted by molar-refractivity contribution is 0.0821. The molecule has 0 aliphatic heterocycles. The molecule has 2 aromatic carbocycles. The van der Waals surface area contributed by atoms with Crippen LogP contribution in [-0.4, -0.2) is 22.0 Å². The number of carbonyl (C=O) groups is 1. The normalized spacial score (nSPS) is 13.4. The Morgan fingerprint density at radius 3 is 2.77 bits per heavy atom. The first-order valence-corrected chi connectivity index (χ1v) is 8.66. The average Bonchev–Trinajstić information content (AvgIpc) is 2.65. The molecule has 2 N–H and O–H groups in total. The molecule has 4 nitrogen and oxygen atoms in total. The number of hydrogen-bond donors (Lipinski definition) is 2. The van der Waals surface area contributed by atoms with Crippen LogP contribution in [0, 0.1) is 5.82 Å². The molecule has 0 fully saturated rings. The molecule has 3 rings (SSSR count). The van der Waals surface area contributed by atoms with Crippen LogP contribution in [0.5, 0.6) is 0 Å². The smallest absolute Gasteiger partial charge is 0.252 e. The monoisotopic (exact) mass is 372 g/mol. The van der Waals surface area contributed by atoms with Gasteiger partial charge >= 0.3 is 0 Å². The summed E-state index contributed by atoms with van der Waals surface area (Å²) in [6.07, 6.45) is 2.44. The van der Waals surface area contributed by atoms with E-state index >= 15 is 0 Å². The van der Waals surface area contributed by atoms with Gasteiger partial charge in [-0.2, -0.15) is 0 Å². The highest BCUT2D eigenvalue weighted by Crippen LogP contribution is 2.29. The number of aromatic nitrogens is 1. The summed E-state index contributed by atoms with van der Waals surface area (Å²) in [5.41, 5.74) is 0.457. The Labute approximate surface area is 155 Å². The van der Waals surface area contributed by atoms with Crippen molar-refractivity contribution in [1.29, 1.82) is 0 Å². The number of amides is 1. The van der Waals surface area contributed by atoms with Gasteiger partial charge in [0, 0.05) is 33.9 Å². The van der Waals surface area contributed by atoms with Gasteiger partial charge in [-0.25, -0.2) is 4.39 Å². The van der Waals surface area contributed by atoms with E-state index in [0.717, 1.165) is 10.8 Å². The van der Waals surface area contributed by atoms with Crippen molar-refractivity contribution in [1.82, 2.24) is 10.3 Å². The van der Waals surface area contributed by atoms with Gasteiger partial charge in [-0.3, -0.25) is 9.78 Å². The van der Waals surface area contributed by atoms with Crippen molar-refractivity contribution in [3.63, 3.8) is 0 Å². The predicted molar refractivity (Wildman–Crippen MR) is 99.7 cm³/mol. The highest BCUT2D eigenvalue weighted by Gasteiger charge is 2.26. The van der Waals surface area contributed by atoms with E-state index in [2.05, 4.69) is 10.3 Å². The van der Waals surface area contributed by atoms with Crippen molar-refractivity contribution >= 4 is 28.3 Å². The fraction of sp³-hybridized carbons (Fsp3) is 0.200. The first-order valence-electron chi connectivity index (χ1n) is 8.28. The molecule has 2 unspecified atom stereocenters. The van der Waals surface area contributed by atoms with Crippen molar-refractivity contribution in [2.75, 3.05) is 0 Å². The van der Waals surface area contributed by atoms with Crippen molar-refractivity contribution in [3.8, 4) is 0 Å². The summed E-state index contributed by atoms with van der Waals surface area (Å²) < 4.78 is 14.1. The number of carbonyl (C=O) groups excluding carboxylic acids is 1. The molecule has 3 aromatic rings. The van der Waals surface area contributed by atoms with Crippen LogP contribution in [0.2, 0.25) is 5.02 Å². The summed E-state index contributed by atoms with van der Waals surface area (Å²) >= 11 is 6.04. The topological polar surface area (TPSA) is 62.2 Å². The summed E-state index contributed by atoms with van der Waals surface area (Å²) in [6.45, 7) is 1.80. The lowest BCUT2D eigenvalue weighted by Gasteiger charge is -2.24. The van der Waals surface area contributed by atoms with E-state index in [1.807, 2.05) is 6.07 Å². The highest BCUT2D eigenvalue weighted by atomic mass is 35.5. The Hall–Kier alpha value is -2.50. The molecule has 1 heterocycles. The SMILES string of the molecule is CCC(NC(=O)c1cccc2cnccc12)C(O)c1c(F)cccc1Cl. The number of rotatable bonds is 5. The zero-order chi connectivity index (χ0) is 18.7. The number of nitrogens with one attached hydrogen (secondary N) is 1. The van der Waals surface area contributed by atoms with E-state index in [0.29, 0.717) is 12.0 Å². The predicted octanol–water partition coefficient (Wildman–Crippen LogP) is 4.27. The summed E-state index contributed by atoms with van der Waals surface area (Å²) in [6, 6.07) is 10.6. The lowest BCUT2D eigenvalue weighted by Crippen LogP contribution is -2.39. The minimum absolute atomic E-state index is 0.0107. The summed E-state index contributed by atoms with van der Waals surface area (Å²) in [5.74, 6) is -0.950. The second-order valence-electron chi connectivity index (χ2n) is 5.97. The third-order valence-electron chi connectivity index (χ3n) is 4.36. The van der Waals surface area contributed by atoms with Gasteiger partial charge in [0.1, 0.15) is 11.9 Å². The molecule has 0 radical (unpaired) electrons. The molecule has 2 atom stereocenters. The number of benzene rings is 2. The van der Waals surface area contributed by atoms with Gasteiger partial charge in [-0.15, -0.1) is 0 Å². The fourth-order valence-corrected chi connectivity index (χ4v) is 3.24. The van der Waals surface area contributed by atoms with Crippen molar-refractivity contribution in [2.24, 2.45) is 0 Å². The molecule has 0 bridgehead atoms. The van der Waals surface area contributed by atoms with Crippen LogP contribution in [0.4, 0.5) is 4.39 Å². The Bertz CT molecular complexity index is 922. The zero-order valence-corrected chi connectivity index (χ0v) is 14.9. The summed E-state index contributed by atoms with van der Waals surface area (Å²) in [4.78, 5) is 16.8.